The van der Waals surface area contributed by atoms with Gasteiger partial charge in [0.05, 0.1) is 6.04 Å². The van der Waals surface area contributed by atoms with Gasteiger partial charge >= 0.3 is 0 Å². The van der Waals surface area contributed by atoms with Crippen LogP contribution in [0.3, 0.4) is 0 Å². The molecular weight excluding hydrogens is 344 g/mol. The van der Waals surface area contributed by atoms with Crippen molar-refractivity contribution in [2.75, 3.05) is 6.61 Å². The zero-order valence-corrected chi connectivity index (χ0v) is 15.3. The molecule has 0 spiro atoms. The van der Waals surface area contributed by atoms with Crippen molar-refractivity contribution in [3.05, 3.63) is 78.4 Å². The van der Waals surface area contributed by atoms with E-state index < -0.39 is 0 Å². The van der Waals surface area contributed by atoms with Crippen LogP contribution in [0.5, 0.6) is 5.75 Å². The molecule has 0 aliphatic heterocycles. The maximum atomic E-state index is 12.0. The Bertz CT molecular complexity index is 912. The summed E-state index contributed by atoms with van der Waals surface area (Å²) in [4.78, 5) is 12.0. The zero-order chi connectivity index (χ0) is 18.4. The Balaban J connectivity index is 1.49. The normalized spacial score (nSPS) is 11.6. The van der Waals surface area contributed by atoms with E-state index in [2.05, 4.69) is 10.6 Å². The molecule has 1 unspecified atom stereocenters. The first-order valence-electron chi connectivity index (χ1n) is 8.39. The Kier molecular flexibility index (Phi) is 5.81. The molecule has 3 rings (SSSR count). The molecule has 3 aromatic rings. The molecule has 0 aromatic heterocycles. The van der Waals surface area contributed by atoms with E-state index in [4.69, 9.17) is 17.0 Å². The molecule has 1 amide bonds. The van der Waals surface area contributed by atoms with Gasteiger partial charge in [-0.25, -0.2) is 0 Å². The van der Waals surface area contributed by atoms with Crippen molar-refractivity contribution in [1.29, 1.82) is 0 Å². The van der Waals surface area contributed by atoms with E-state index in [1.807, 2.05) is 79.7 Å². The summed E-state index contributed by atoms with van der Waals surface area (Å²) in [5.74, 6) is 0.353. The minimum absolute atomic E-state index is 0.00501. The van der Waals surface area contributed by atoms with E-state index in [1.165, 1.54) is 0 Å². The van der Waals surface area contributed by atoms with Crippen LogP contribution in [-0.4, -0.2) is 17.6 Å². The van der Waals surface area contributed by atoms with Gasteiger partial charge in [-0.1, -0.05) is 60.7 Å². The highest BCUT2D eigenvalue weighted by molar-refractivity contribution is 7.80. The van der Waals surface area contributed by atoms with Crippen LogP contribution in [0.1, 0.15) is 18.5 Å². The molecule has 0 aliphatic carbocycles. The predicted molar refractivity (Wildman–Crippen MR) is 108 cm³/mol. The first kappa shape index (κ1) is 17.9. The van der Waals surface area contributed by atoms with Crippen molar-refractivity contribution in [3.63, 3.8) is 0 Å². The summed E-state index contributed by atoms with van der Waals surface area (Å²) in [7, 11) is 0. The summed E-state index contributed by atoms with van der Waals surface area (Å²) >= 11 is 5.20. The molecule has 0 aliphatic rings. The fourth-order valence-electron chi connectivity index (χ4n) is 2.63. The quantitative estimate of drug-likeness (QED) is 0.673. The molecule has 3 aromatic carbocycles. The number of amides is 1. The smallest absolute Gasteiger partial charge is 0.264 e. The number of nitrogens with one attached hydrogen (secondary N) is 2. The molecule has 132 valence electrons. The van der Waals surface area contributed by atoms with Crippen molar-refractivity contribution in [1.82, 2.24) is 10.6 Å². The van der Waals surface area contributed by atoms with Crippen LogP contribution in [0.4, 0.5) is 0 Å². The van der Waals surface area contributed by atoms with E-state index in [0.717, 1.165) is 16.3 Å². The van der Waals surface area contributed by atoms with Crippen LogP contribution in [0.2, 0.25) is 0 Å². The fraction of sp³-hybridized carbons (Fsp3) is 0.143. The topological polar surface area (TPSA) is 50.4 Å². The Morgan fingerprint density at radius 3 is 2.46 bits per heavy atom. The summed E-state index contributed by atoms with van der Waals surface area (Å²) in [6.07, 6.45) is 0. The van der Waals surface area contributed by atoms with Gasteiger partial charge in [0.1, 0.15) is 5.75 Å². The molecule has 2 N–H and O–H groups in total. The van der Waals surface area contributed by atoms with Crippen LogP contribution >= 0.6 is 12.2 Å². The second-order valence-corrected chi connectivity index (χ2v) is 6.36. The summed E-state index contributed by atoms with van der Waals surface area (Å²) in [6.45, 7) is 1.89. The molecule has 0 fully saturated rings. The van der Waals surface area contributed by atoms with E-state index in [0.29, 0.717) is 5.75 Å². The van der Waals surface area contributed by atoms with Crippen molar-refractivity contribution in [2.24, 2.45) is 0 Å². The molecular formula is C21H20N2O2S. The summed E-state index contributed by atoms with van der Waals surface area (Å²) < 4.78 is 5.57. The molecule has 5 heteroatoms. The third-order valence-corrected chi connectivity index (χ3v) is 4.21. The number of thiocarbonyl (C=S) groups is 1. The highest BCUT2D eigenvalue weighted by Crippen LogP contribution is 2.20. The first-order chi connectivity index (χ1) is 12.6. The minimum atomic E-state index is -0.295. The van der Waals surface area contributed by atoms with E-state index in [-0.39, 0.29) is 23.7 Å². The number of benzene rings is 3. The van der Waals surface area contributed by atoms with Gasteiger partial charge in [-0.2, -0.15) is 0 Å². The third kappa shape index (κ3) is 4.80. The van der Waals surface area contributed by atoms with Crippen molar-refractivity contribution < 1.29 is 9.53 Å². The monoisotopic (exact) mass is 364 g/mol. The summed E-state index contributed by atoms with van der Waals surface area (Å²) in [5, 5.41) is 8.22. The molecule has 0 radical (unpaired) electrons. The zero-order valence-electron chi connectivity index (χ0n) is 14.4. The maximum absolute atomic E-state index is 12.0. The average molecular weight is 364 g/mol. The number of ether oxygens (including phenoxy) is 1. The Morgan fingerprint density at radius 1 is 1.00 bits per heavy atom. The van der Waals surface area contributed by atoms with Crippen LogP contribution < -0.4 is 15.4 Å². The lowest BCUT2D eigenvalue weighted by molar-refractivity contribution is -0.121. The van der Waals surface area contributed by atoms with Gasteiger partial charge in [0, 0.05) is 0 Å². The largest absolute Gasteiger partial charge is 0.484 e. The van der Waals surface area contributed by atoms with Gasteiger partial charge in [0.15, 0.2) is 11.7 Å². The number of hydrogen-bond acceptors (Lipinski definition) is 3. The van der Waals surface area contributed by atoms with Gasteiger partial charge in [-0.3, -0.25) is 4.79 Å². The maximum Gasteiger partial charge on any atom is 0.264 e. The molecule has 0 heterocycles. The van der Waals surface area contributed by atoms with E-state index in [1.54, 1.807) is 0 Å². The van der Waals surface area contributed by atoms with E-state index in [9.17, 15) is 4.79 Å². The minimum Gasteiger partial charge on any atom is -0.484 e. The lowest BCUT2D eigenvalue weighted by Crippen LogP contribution is -2.42. The SMILES string of the molecule is CC(NC(=S)NC(=O)COc1ccc2ccccc2c1)c1ccccc1. The highest BCUT2D eigenvalue weighted by atomic mass is 32.1. The second-order valence-electron chi connectivity index (χ2n) is 5.95. The van der Waals surface area contributed by atoms with Gasteiger partial charge in [0.25, 0.3) is 5.91 Å². The fourth-order valence-corrected chi connectivity index (χ4v) is 2.92. The second kappa shape index (κ2) is 8.45. The van der Waals surface area contributed by atoms with E-state index >= 15 is 0 Å². The lowest BCUT2D eigenvalue weighted by Gasteiger charge is -2.16. The van der Waals surface area contributed by atoms with Crippen LogP contribution in [0.15, 0.2) is 72.8 Å². The van der Waals surface area contributed by atoms with Gasteiger partial charge < -0.3 is 15.4 Å². The average Bonchev–Trinajstić information content (AvgIpc) is 2.66. The van der Waals surface area contributed by atoms with Crippen LogP contribution in [0.25, 0.3) is 10.8 Å². The van der Waals surface area contributed by atoms with Crippen molar-refractivity contribution in [2.45, 2.75) is 13.0 Å². The molecule has 0 saturated heterocycles. The molecule has 4 nitrogen and oxygen atoms in total. The van der Waals surface area contributed by atoms with Crippen molar-refractivity contribution >= 4 is 34.0 Å². The number of fused-ring (bicyclic) bond motifs is 1. The third-order valence-electron chi connectivity index (χ3n) is 3.99. The molecule has 26 heavy (non-hydrogen) atoms. The molecule has 0 bridgehead atoms. The van der Waals surface area contributed by atoms with Crippen LogP contribution in [0, 0.1) is 0 Å². The number of hydrogen-bond donors (Lipinski definition) is 2. The standard InChI is InChI=1S/C21H20N2O2S/c1-15(16-7-3-2-4-8-16)22-21(26)23-20(24)14-25-19-12-11-17-9-5-6-10-18(17)13-19/h2-13,15H,14H2,1H3,(H2,22,23,24,26). The Hall–Kier alpha value is -2.92. The van der Waals surface area contributed by atoms with Gasteiger partial charge in [0.2, 0.25) is 0 Å². The van der Waals surface area contributed by atoms with Crippen molar-refractivity contribution in [3.8, 4) is 5.75 Å². The lowest BCUT2D eigenvalue weighted by atomic mass is 10.1. The summed E-state index contributed by atoms with van der Waals surface area (Å²) in [5.41, 5.74) is 1.09. The Labute approximate surface area is 158 Å². The summed E-state index contributed by atoms with van der Waals surface area (Å²) in [6, 6.07) is 23.6. The number of carbonyl (C=O) groups excluding carboxylic acids is 1. The Morgan fingerprint density at radius 2 is 1.69 bits per heavy atom. The van der Waals surface area contributed by atoms with Gasteiger partial charge in [-0.15, -0.1) is 0 Å². The van der Waals surface area contributed by atoms with Gasteiger partial charge in [-0.05, 0) is 47.6 Å². The molecule has 0 saturated carbocycles. The highest BCUT2D eigenvalue weighted by Gasteiger charge is 2.10. The first-order valence-corrected chi connectivity index (χ1v) is 8.79. The number of rotatable bonds is 5. The van der Waals surface area contributed by atoms with Crippen LogP contribution in [-0.2, 0) is 4.79 Å². The number of carbonyl (C=O) groups is 1. The molecule has 1 atom stereocenters. The predicted octanol–water partition coefficient (Wildman–Crippen LogP) is 3.97.